The summed E-state index contributed by atoms with van der Waals surface area (Å²) >= 11 is 1.92. The standard InChI is InChI=1S/C53H36N2S/c1-5-20-38(21-6-1)54(39-22-7-2-8-23-39)48-33-17-31-45-50(48)43-29-15-16-30-44(43)53(45)46-32-18-34-49(55(40-24-9-3-10-25-40)41-26-11-4-12-27-41)52(46)56-51-42-28-14-13-19-37(42)35-36-47(51)53/h1-36H. The molecule has 0 aromatic heterocycles. The lowest BCUT2D eigenvalue weighted by Gasteiger charge is -2.42. The van der Waals surface area contributed by atoms with Crippen LogP contribution >= 0.6 is 11.8 Å². The van der Waals surface area contributed by atoms with E-state index in [1.165, 1.54) is 59.6 Å². The molecular formula is C53H36N2S. The van der Waals surface area contributed by atoms with Gasteiger partial charge >= 0.3 is 0 Å². The molecule has 0 amide bonds. The fourth-order valence-corrected chi connectivity index (χ4v) is 10.7. The quantitative estimate of drug-likeness (QED) is 0.168. The first kappa shape index (κ1) is 32.6. The molecule has 1 atom stereocenters. The molecule has 1 heterocycles. The minimum Gasteiger partial charge on any atom is -0.310 e. The Hall–Kier alpha value is -6.81. The van der Waals surface area contributed by atoms with Gasteiger partial charge in [0.25, 0.3) is 0 Å². The van der Waals surface area contributed by atoms with E-state index in [1.54, 1.807) is 0 Å². The number of hydrogen-bond acceptors (Lipinski definition) is 3. The van der Waals surface area contributed by atoms with Gasteiger partial charge in [-0.1, -0.05) is 169 Å². The number of rotatable bonds is 6. The Morgan fingerprint density at radius 1 is 0.321 bits per heavy atom. The van der Waals surface area contributed by atoms with Crippen molar-refractivity contribution in [2.45, 2.75) is 15.2 Å². The van der Waals surface area contributed by atoms with E-state index >= 15 is 0 Å². The molecule has 1 spiro atoms. The highest BCUT2D eigenvalue weighted by Gasteiger charge is 2.52. The third-order valence-corrected chi connectivity index (χ3v) is 12.7. The van der Waals surface area contributed by atoms with E-state index < -0.39 is 5.41 Å². The Bertz CT molecular complexity index is 2810. The number of fused-ring (bicyclic) bond motifs is 11. The predicted molar refractivity (Wildman–Crippen MR) is 235 cm³/mol. The molecule has 0 radical (unpaired) electrons. The number of benzene rings is 9. The van der Waals surface area contributed by atoms with Gasteiger partial charge in [0.05, 0.1) is 16.8 Å². The zero-order valence-corrected chi connectivity index (χ0v) is 31.4. The van der Waals surface area contributed by atoms with Gasteiger partial charge in [-0.25, -0.2) is 0 Å². The van der Waals surface area contributed by atoms with Gasteiger partial charge in [-0.05, 0) is 99.3 Å². The van der Waals surface area contributed by atoms with Crippen molar-refractivity contribution in [1.29, 1.82) is 0 Å². The SMILES string of the molecule is c1ccc(N(c2ccccc2)c2cccc3c2Sc2c(ccc4ccccc24)C32c3ccccc3-c3c(N(c4ccccc4)c4ccccc4)cccc32)cc1. The second kappa shape index (κ2) is 13.2. The molecule has 0 saturated carbocycles. The smallest absolute Gasteiger partial charge is 0.0737 e. The summed E-state index contributed by atoms with van der Waals surface area (Å²) in [5.41, 5.74) is 14.0. The van der Waals surface area contributed by atoms with Gasteiger partial charge in [-0.2, -0.15) is 0 Å². The van der Waals surface area contributed by atoms with Crippen LogP contribution in [0.25, 0.3) is 21.9 Å². The van der Waals surface area contributed by atoms with Crippen LogP contribution in [0.2, 0.25) is 0 Å². The van der Waals surface area contributed by atoms with Crippen molar-refractivity contribution in [1.82, 2.24) is 0 Å². The second-order valence-corrected chi connectivity index (χ2v) is 15.4. The molecule has 1 aliphatic carbocycles. The summed E-state index contributed by atoms with van der Waals surface area (Å²) in [5, 5.41) is 2.52. The first-order chi connectivity index (χ1) is 27.8. The fraction of sp³-hybridized carbons (Fsp3) is 0.0189. The van der Waals surface area contributed by atoms with Gasteiger partial charge in [0.2, 0.25) is 0 Å². The summed E-state index contributed by atoms with van der Waals surface area (Å²) in [4.78, 5) is 7.43. The number of anilines is 6. The maximum absolute atomic E-state index is 2.43. The van der Waals surface area contributed by atoms with Crippen LogP contribution < -0.4 is 9.80 Å². The third kappa shape index (κ3) is 4.84. The molecule has 9 aromatic rings. The summed E-state index contributed by atoms with van der Waals surface area (Å²) in [7, 11) is 0. The monoisotopic (exact) mass is 732 g/mol. The maximum Gasteiger partial charge on any atom is 0.0737 e. The van der Waals surface area contributed by atoms with Crippen LogP contribution in [0, 0.1) is 0 Å². The molecule has 0 bridgehead atoms. The maximum atomic E-state index is 2.43. The highest BCUT2D eigenvalue weighted by Crippen LogP contribution is 2.66. The molecule has 1 unspecified atom stereocenters. The van der Waals surface area contributed by atoms with E-state index in [-0.39, 0.29) is 0 Å². The summed E-state index contributed by atoms with van der Waals surface area (Å²) in [6.07, 6.45) is 0. The van der Waals surface area contributed by atoms with E-state index in [0.29, 0.717) is 0 Å². The molecule has 264 valence electrons. The van der Waals surface area contributed by atoms with Crippen LogP contribution in [0.1, 0.15) is 22.3 Å². The minimum atomic E-state index is -0.587. The average Bonchev–Trinajstić information content (AvgIpc) is 3.57. The molecule has 3 heteroatoms. The van der Waals surface area contributed by atoms with Gasteiger partial charge in [-0.15, -0.1) is 0 Å². The van der Waals surface area contributed by atoms with Crippen LogP contribution in [0.3, 0.4) is 0 Å². The molecule has 1 aliphatic heterocycles. The van der Waals surface area contributed by atoms with Crippen molar-refractivity contribution < 1.29 is 0 Å². The van der Waals surface area contributed by atoms with Crippen molar-refractivity contribution >= 4 is 56.7 Å². The largest absolute Gasteiger partial charge is 0.310 e. The Balaban J connectivity index is 1.27. The zero-order chi connectivity index (χ0) is 37.1. The molecule has 0 fully saturated rings. The Kier molecular flexibility index (Phi) is 7.68. The Morgan fingerprint density at radius 2 is 0.786 bits per heavy atom. The van der Waals surface area contributed by atoms with Gasteiger partial charge in [0.15, 0.2) is 0 Å². The lowest BCUT2D eigenvalue weighted by atomic mass is 9.67. The van der Waals surface area contributed by atoms with Crippen molar-refractivity contribution in [2.24, 2.45) is 0 Å². The van der Waals surface area contributed by atoms with E-state index in [9.17, 15) is 0 Å². The lowest BCUT2D eigenvalue weighted by Crippen LogP contribution is -2.32. The number of nitrogens with zero attached hydrogens (tertiary/aromatic N) is 2. The topological polar surface area (TPSA) is 6.48 Å². The molecule has 11 rings (SSSR count). The molecule has 2 nitrogen and oxygen atoms in total. The van der Waals surface area contributed by atoms with E-state index in [0.717, 1.165) is 28.4 Å². The first-order valence-electron chi connectivity index (χ1n) is 19.2. The fourth-order valence-electron chi connectivity index (χ4n) is 9.24. The van der Waals surface area contributed by atoms with Crippen LogP contribution in [-0.4, -0.2) is 0 Å². The Morgan fingerprint density at radius 3 is 1.41 bits per heavy atom. The molecule has 0 N–H and O–H groups in total. The van der Waals surface area contributed by atoms with Gasteiger partial charge in [0, 0.05) is 38.1 Å². The lowest BCUT2D eigenvalue weighted by molar-refractivity contribution is 0.725. The average molecular weight is 733 g/mol. The van der Waals surface area contributed by atoms with E-state index in [2.05, 4.69) is 228 Å². The molecule has 9 aromatic carbocycles. The highest BCUT2D eigenvalue weighted by atomic mass is 32.2. The summed E-state index contributed by atoms with van der Waals surface area (Å²) in [6, 6.07) is 79.9. The molecule has 56 heavy (non-hydrogen) atoms. The number of para-hydroxylation sites is 4. The molecule has 2 aliphatic rings. The molecule has 0 saturated heterocycles. The van der Waals surface area contributed by atoms with Gasteiger partial charge in [-0.3, -0.25) is 0 Å². The van der Waals surface area contributed by atoms with Crippen LogP contribution in [0.4, 0.5) is 34.1 Å². The zero-order valence-electron chi connectivity index (χ0n) is 30.6. The van der Waals surface area contributed by atoms with Crippen LogP contribution in [0.5, 0.6) is 0 Å². The number of hydrogen-bond donors (Lipinski definition) is 0. The van der Waals surface area contributed by atoms with Crippen molar-refractivity contribution in [3.05, 3.63) is 241 Å². The normalized spacial score (nSPS) is 14.8. The Labute approximate surface area is 332 Å². The summed E-state index contributed by atoms with van der Waals surface area (Å²) in [5.74, 6) is 0. The van der Waals surface area contributed by atoms with Crippen molar-refractivity contribution in [2.75, 3.05) is 9.80 Å². The van der Waals surface area contributed by atoms with E-state index in [1.807, 2.05) is 11.8 Å². The second-order valence-electron chi connectivity index (χ2n) is 14.4. The van der Waals surface area contributed by atoms with Crippen LogP contribution in [-0.2, 0) is 5.41 Å². The van der Waals surface area contributed by atoms with Crippen molar-refractivity contribution in [3.8, 4) is 11.1 Å². The minimum absolute atomic E-state index is 0.587. The molecular weight excluding hydrogens is 697 g/mol. The van der Waals surface area contributed by atoms with E-state index in [4.69, 9.17) is 0 Å². The summed E-state index contributed by atoms with van der Waals surface area (Å²) < 4.78 is 0. The third-order valence-electron chi connectivity index (χ3n) is 11.5. The highest BCUT2D eigenvalue weighted by molar-refractivity contribution is 8.00. The first-order valence-corrected chi connectivity index (χ1v) is 20.0. The van der Waals surface area contributed by atoms with Gasteiger partial charge < -0.3 is 9.80 Å². The van der Waals surface area contributed by atoms with Crippen molar-refractivity contribution in [3.63, 3.8) is 0 Å². The van der Waals surface area contributed by atoms with Gasteiger partial charge in [0.1, 0.15) is 0 Å². The van der Waals surface area contributed by atoms with Crippen LogP contribution in [0.15, 0.2) is 228 Å². The predicted octanol–water partition coefficient (Wildman–Crippen LogP) is 14.6. The summed E-state index contributed by atoms with van der Waals surface area (Å²) in [6.45, 7) is 0.